The minimum Gasteiger partial charge on any atom is -0.497 e. The number of fused-ring (bicyclic) bond motifs is 1. The van der Waals surface area contributed by atoms with Gasteiger partial charge in [0.15, 0.2) is 9.84 Å². The quantitative estimate of drug-likeness (QED) is 0.892. The molecule has 0 aromatic heterocycles. The summed E-state index contributed by atoms with van der Waals surface area (Å²) in [4.78, 5) is 14.2. The van der Waals surface area contributed by atoms with E-state index in [2.05, 4.69) is 11.4 Å². The fraction of sp³-hybridized carbons (Fsp3) is 0.588. The summed E-state index contributed by atoms with van der Waals surface area (Å²) in [7, 11) is -1.37. The zero-order valence-corrected chi connectivity index (χ0v) is 14.8. The summed E-state index contributed by atoms with van der Waals surface area (Å²) in [6.45, 7) is 1.49. The van der Waals surface area contributed by atoms with Crippen molar-refractivity contribution in [1.82, 2.24) is 10.2 Å². The van der Waals surface area contributed by atoms with Crippen molar-refractivity contribution in [2.45, 2.75) is 30.9 Å². The van der Waals surface area contributed by atoms with Crippen LogP contribution in [0.2, 0.25) is 0 Å². The highest BCUT2D eigenvalue weighted by molar-refractivity contribution is 7.92. The molecule has 0 spiro atoms. The van der Waals surface area contributed by atoms with E-state index in [-0.39, 0.29) is 18.3 Å². The average Bonchev–Trinajstić information content (AvgIpc) is 2.79. The Morgan fingerprint density at radius 3 is 2.71 bits per heavy atom. The molecule has 2 heterocycles. The van der Waals surface area contributed by atoms with Crippen molar-refractivity contribution in [3.63, 3.8) is 0 Å². The van der Waals surface area contributed by atoms with Crippen LogP contribution >= 0.6 is 0 Å². The standard InChI is InChI=1S/C17H24N2O4S/c1-23-15-5-4-13-6-8-19(9-7-14(13)11-15)17(20)18-12-16-3-2-10-24(16,21)22/h4-5,11,16H,2-3,6-10,12H2,1H3,(H,18,20). The fourth-order valence-corrected chi connectivity index (χ4v) is 5.20. The van der Waals surface area contributed by atoms with Crippen LogP contribution in [0.4, 0.5) is 4.79 Å². The summed E-state index contributed by atoms with van der Waals surface area (Å²) in [5.41, 5.74) is 2.45. The van der Waals surface area contributed by atoms with E-state index < -0.39 is 15.1 Å². The van der Waals surface area contributed by atoms with Gasteiger partial charge in [-0.1, -0.05) is 6.07 Å². The minimum absolute atomic E-state index is 0.170. The first-order valence-electron chi connectivity index (χ1n) is 8.40. The lowest BCUT2D eigenvalue weighted by atomic mass is 10.0. The predicted octanol–water partition coefficient (Wildman–Crippen LogP) is 1.38. The Bertz CT molecular complexity index is 717. The van der Waals surface area contributed by atoms with Crippen LogP contribution in [0.5, 0.6) is 5.75 Å². The van der Waals surface area contributed by atoms with Crippen LogP contribution in [0, 0.1) is 0 Å². The van der Waals surface area contributed by atoms with Gasteiger partial charge >= 0.3 is 6.03 Å². The largest absolute Gasteiger partial charge is 0.497 e. The molecule has 3 rings (SSSR count). The minimum atomic E-state index is -3.02. The smallest absolute Gasteiger partial charge is 0.317 e. The first-order valence-corrected chi connectivity index (χ1v) is 10.1. The zero-order chi connectivity index (χ0) is 17.2. The number of methoxy groups -OCH3 is 1. The van der Waals surface area contributed by atoms with Gasteiger partial charge in [0.2, 0.25) is 0 Å². The number of nitrogens with zero attached hydrogens (tertiary/aromatic N) is 1. The van der Waals surface area contributed by atoms with Crippen molar-refractivity contribution < 1.29 is 17.9 Å². The van der Waals surface area contributed by atoms with Gasteiger partial charge in [0, 0.05) is 19.6 Å². The molecule has 1 aromatic carbocycles. The number of nitrogens with one attached hydrogen (secondary N) is 1. The molecule has 0 aliphatic carbocycles. The molecule has 6 nitrogen and oxygen atoms in total. The van der Waals surface area contributed by atoms with Crippen molar-refractivity contribution in [1.29, 1.82) is 0 Å². The number of benzene rings is 1. The lowest BCUT2D eigenvalue weighted by Crippen LogP contribution is -2.44. The van der Waals surface area contributed by atoms with E-state index >= 15 is 0 Å². The predicted molar refractivity (Wildman–Crippen MR) is 92.2 cm³/mol. The number of ether oxygens (including phenoxy) is 1. The summed E-state index contributed by atoms with van der Waals surface area (Å²) in [5, 5.41) is 2.39. The maximum absolute atomic E-state index is 12.4. The van der Waals surface area contributed by atoms with E-state index in [1.807, 2.05) is 12.1 Å². The molecular formula is C17H24N2O4S. The normalized spacial score (nSPS) is 22.5. The lowest BCUT2D eigenvalue weighted by molar-refractivity contribution is 0.200. The first kappa shape index (κ1) is 17.1. The average molecular weight is 352 g/mol. The molecule has 0 bridgehead atoms. The molecule has 2 aliphatic rings. The SMILES string of the molecule is COc1ccc2c(c1)CCN(C(=O)NCC1CCCS1(=O)=O)CC2. The van der Waals surface area contributed by atoms with Crippen LogP contribution < -0.4 is 10.1 Å². The molecule has 2 aliphatic heterocycles. The Morgan fingerprint density at radius 1 is 1.29 bits per heavy atom. The molecule has 0 radical (unpaired) electrons. The van der Waals surface area contributed by atoms with Crippen molar-refractivity contribution in [3.8, 4) is 5.75 Å². The summed E-state index contributed by atoms with van der Waals surface area (Å²) in [5.74, 6) is 1.08. The van der Waals surface area contributed by atoms with Crippen LogP contribution in [-0.4, -0.2) is 57.1 Å². The number of carbonyl (C=O) groups is 1. The third-order valence-corrected chi connectivity index (χ3v) is 7.22. The van der Waals surface area contributed by atoms with Crippen molar-refractivity contribution >= 4 is 15.9 Å². The molecule has 2 amide bonds. The number of rotatable bonds is 3. The lowest BCUT2D eigenvalue weighted by Gasteiger charge is -2.21. The number of carbonyl (C=O) groups excluding carboxylic acids is 1. The summed E-state index contributed by atoms with van der Waals surface area (Å²) in [6, 6.07) is 5.86. The van der Waals surface area contributed by atoms with Gasteiger partial charge in [-0.05, 0) is 48.9 Å². The topological polar surface area (TPSA) is 75.7 Å². The number of hydrogen-bond acceptors (Lipinski definition) is 4. The second kappa shape index (κ2) is 7.01. The zero-order valence-electron chi connectivity index (χ0n) is 14.0. The third-order valence-electron chi connectivity index (χ3n) is 4.95. The van der Waals surface area contributed by atoms with Gasteiger partial charge in [0.05, 0.1) is 18.1 Å². The van der Waals surface area contributed by atoms with Gasteiger partial charge in [-0.25, -0.2) is 13.2 Å². The van der Waals surface area contributed by atoms with Crippen LogP contribution in [0.1, 0.15) is 24.0 Å². The van der Waals surface area contributed by atoms with Crippen LogP contribution in [0.25, 0.3) is 0 Å². The van der Waals surface area contributed by atoms with Crippen LogP contribution in [-0.2, 0) is 22.7 Å². The highest BCUT2D eigenvalue weighted by Crippen LogP contribution is 2.22. The highest BCUT2D eigenvalue weighted by atomic mass is 32.2. The molecule has 1 N–H and O–H groups in total. The summed E-state index contributed by atoms with van der Waals surface area (Å²) < 4.78 is 28.9. The van der Waals surface area contributed by atoms with Gasteiger partial charge < -0.3 is 15.0 Å². The van der Waals surface area contributed by atoms with Gasteiger partial charge in [0.25, 0.3) is 0 Å². The molecule has 1 fully saturated rings. The van der Waals surface area contributed by atoms with Crippen LogP contribution in [0.3, 0.4) is 0 Å². The molecule has 132 valence electrons. The molecule has 24 heavy (non-hydrogen) atoms. The van der Waals surface area contributed by atoms with Gasteiger partial charge in [-0.3, -0.25) is 0 Å². The molecule has 1 unspecified atom stereocenters. The monoisotopic (exact) mass is 352 g/mol. The van der Waals surface area contributed by atoms with E-state index in [1.54, 1.807) is 12.0 Å². The first-order chi connectivity index (χ1) is 11.5. The maximum Gasteiger partial charge on any atom is 0.317 e. The van der Waals surface area contributed by atoms with Gasteiger partial charge in [-0.2, -0.15) is 0 Å². The molecule has 1 atom stereocenters. The number of amides is 2. The second-order valence-electron chi connectivity index (χ2n) is 6.44. The Labute approximate surface area is 143 Å². The van der Waals surface area contributed by atoms with Crippen molar-refractivity contribution in [2.75, 3.05) is 32.5 Å². The molecule has 1 saturated heterocycles. The Balaban J connectivity index is 1.57. The molecule has 7 heteroatoms. The van der Waals surface area contributed by atoms with E-state index in [0.29, 0.717) is 25.9 Å². The fourth-order valence-electron chi connectivity index (χ4n) is 3.43. The molecular weight excluding hydrogens is 328 g/mol. The van der Waals surface area contributed by atoms with E-state index in [1.165, 1.54) is 11.1 Å². The van der Waals surface area contributed by atoms with E-state index in [0.717, 1.165) is 18.6 Å². The maximum atomic E-state index is 12.4. The molecule has 0 saturated carbocycles. The van der Waals surface area contributed by atoms with E-state index in [9.17, 15) is 13.2 Å². The van der Waals surface area contributed by atoms with Gasteiger partial charge in [-0.15, -0.1) is 0 Å². The van der Waals surface area contributed by atoms with Crippen molar-refractivity contribution in [3.05, 3.63) is 29.3 Å². The van der Waals surface area contributed by atoms with Gasteiger partial charge in [0.1, 0.15) is 5.75 Å². The van der Waals surface area contributed by atoms with Crippen LogP contribution in [0.15, 0.2) is 18.2 Å². The third kappa shape index (κ3) is 3.66. The number of urea groups is 1. The Morgan fingerprint density at radius 2 is 2.04 bits per heavy atom. The number of sulfone groups is 1. The summed E-state index contributed by atoms with van der Waals surface area (Å²) >= 11 is 0. The van der Waals surface area contributed by atoms with Crippen molar-refractivity contribution in [2.24, 2.45) is 0 Å². The Kier molecular flexibility index (Phi) is 4.99. The highest BCUT2D eigenvalue weighted by Gasteiger charge is 2.31. The van der Waals surface area contributed by atoms with E-state index in [4.69, 9.17) is 4.74 Å². The number of hydrogen-bond donors (Lipinski definition) is 1. The Hall–Kier alpha value is -1.76. The second-order valence-corrected chi connectivity index (χ2v) is 8.84. The molecule has 1 aromatic rings. The summed E-state index contributed by atoms with van der Waals surface area (Å²) in [6.07, 6.45) is 2.92.